The molecular weight excluding hydrogens is 256 g/mol. The van der Waals surface area contributed by atoms with Gasteiger partial charge < -0.3 is 9.73 Å². The number of thiazole rings is 1. The van der Waals surface area contributed by atoms with Crippen molar-refractivity contribution in [2.24, 2.45) is 0 Å². The minimum Gasteiger partial charge on any atom is -0.454 e. The third-order valence-electron chi connectivity index (χ3n) is 3.33. The van der Waals surface area contributed by atoms with Crippen molar-refractivity contribution in [1.82, 2.24) is 10.3 Å². The van der Waals surface area contributed by atoms with Crippen LogP contribution in [0.4, 0.5) is 0 Å². The highest BCUT2D eigenvalue weighted by Gasteiger charge is 2.20. The largest absolute Gasteiger partial charge is 0.454 e. The van der Waals surface area contributed by atoms with Gasteiger partial charge in [0.1, 0.15) is 5.58 Å². The van der Waals surface area contributed by atoms with Crippen molar-refractivity contribution in [2.75, 3.05) is 0 Å². The van der Waals surface area contributed by atoms with Crippen LogP contribution in [-0.4, -0.2) is 11.0 Å². The molecule has 0 unspecified atom stereocenters. The van der Waals surface area contributed by atoms with Crippen molar-refractivity contribution in [1.29, 1.82) is 0 Å². The summed E-state index contributed by atoms with van der Waals surface area (Å²) in [5, 5.41) is 5.60. The number of nitrogens with one attached hydrogen (secondary N) is 1. The van der Waals surface area contributed by atoms with Gasteiger partial charge in [-0.3, -0.25) is 0 Å². The maximum absolute atomic E-state index is 5.83. The molecule has 1 aliphatic carbocycles. The highest BCUT2D eigenvalue weighted by atomic mass is 32.1. The molecule has 1 fully saturated rings. The van der Waals surface area contributed by atoms with E-state index >= 15 is 0 Å². The summed E-state index contributed by atoms with van der Waals surface area (Å²) in [6.45, 7) is 0.919. The Bertz CT molecular complexity index is 679. The molecule has 1 aromatic carbocycles. The Kier molecular flexibility index (Phi) is 2.64. The zero-order valence-electron chi connectivity index (χ0n) is 10.4. The van der Waals surface area contributed by atoms with Gasteiger partial charge in [-0.25, -0.2) is 4.98 Å². The van der Waals surface area contributed by atoms with Crippen molar-refractivity contribution < 1.29 is 4.42 Å². The lowest BCUT2D eigenvalue weighted by molar-refractivity contribution is 0.631. The van der Waals surface area contributed by atoms with Gasteiger partial charge in [-0.1, -0.05) is 18.2 Å². The fourth-order valence-electron chi connectivity index (χ4n) is 2.12. The number of para-hydroxylation sites is 1. The van der Waals surface area contributed by atoms with Crippen molar-refractivity contribution in [2.45, 2.75) is 25.4 Å². The lowest BCUT2D eigenvalue weighted by Crippen LogP contribution is -2.14. The van der Waals surface area contributed by atoms with Crippen molar-refractivity contribution in [3.63, 3.8) is 0 Å². The van der Waals surface area contributed by atoms with E-state index in [-0.39, 0.29) is 0 Å². The normalized spacial score (nSPS) is 15.2. The first-order valence-corrected chi connectivity index (χ1v) is 7.37. The van der Waals surface area contributed by atoms with Crippen LogP contribution in [0, 0.1) is 0 Å². The van der Waals surface area contributed by atoms with Gasteiger partial charge in [-0.2, -0.15) is 0 Å². The SMILES string of the molecule is c1ccc2oc(-c3ncc(CNC4CC4)s3)cc2c1. The van der Waals surface area contributed by atoms with E-state index in [1.807, 2.05) is 24.4 Å². The highest BCUT2D eigenvalue weighted by molar-refractivity contribution is 7.14. The van der Waals surface area contributed by atoms with E-state index in [0.29, 0.717) is 0 Å². The summed E-state index contributed by atoms with van der Waals surface area (Å²) in [6, 6.07) is 10.9. The van der Waals surface area contributed by atoms with E-state index in [2.05, 4.69) is 22.4 Å². The smallest absolute Gasteiger partial charge is 0.164 e. The Hall–Kier alpha value is -1.65. The van der Waals surface area contributed by atoms with Gasteiger partial charge in [-0.15, -0.1) is 11.3 Å². The predicted molar refractivity (Wildman–Crippen MR) is 77.2 cm³/mol. The van der Waals surface area contributed by atoms with Crippen LogP contribution in [-0.2, 0) is 6.54 Å². The number of hydrogen-bond acceptors (Lipinski definition) is 4. The van der Waals surface area contributed by atoms with E-state index in [4.69, 9.17) is 4.42 Å². The van der Waals surface area contributed by atoms with Crippen LogP contribution in [0.3, 0.4) is 0 Å². The number of hydrogen-bond donors (Lipinski definition) is 1. The van der Waals surface area contributed by atoms with Gasteiger partial charge in [0.15, 0.2) is 10.8 Å². The second-order valence-electron chi connectivity index (χ2n) is 4.94. The van der Waals surface area contributed by atoms with E-state index in [9.17, 15) is 0 Å². The molecule has 0 radical (unpaired) electrons. The standard InChI is InChI=1S/C15H14N2OS/c1-2-4-13-10(3-1)7-14(18-13)15-17-9-12(19-15)8-16-11-5-6-11/h1-4,7,9,11,16H,5-6,8H2. The van der Waals surface area contributed by atoms with E-state index in [0.717, 1.165) is 34.3 Å². The van der Waals surface area contributed by atoms with Gasteiger partial charge >= 0.3 is 0 Å². The monoisotopic (exact) mass is 270 g/mol. The minimum atomic E-state index is 0.733. The molecule has 4 rings (SSSR count). The van der Waals surface area contributed by atoms with Crippen LogP contribution in [0.15, 0.2) is 40.9 Å². The number of benzene rings is 1. The third-order valence-corrected chi connectivity index (χ3v) is 4.34. The van der Waals surface area contributed by atoms with E-state index < -0.39 is 0 Å². The molecule has 0 atom stereocenters. The van der Waals surface area contributed by atoms with Gasteiger partial charge in [0.05, 0.1) is 0 Å². The summed E-state index contributed by atoms with van der Waals surface area (Å²) in [4.78, 5) is 5.73. The second-order valence-corrected chi connectivity index (χ2v) is 6.05. The second kappa shape index (κ2) is 4.47. The molecule has 1 aliphatic rings. The van der Waals surface area contributed by atoms with E-state index in [1.165, 1.54) is 17.7 Å². The lowest BCUT2D eigenvalue weighted by Gasteiger charge is -1.96. The lowest BCUT2D eigenvalue weighted by atomic mass is 10.2. The Balaban J connectivity index is 1.60. The third kappa shape index (κ3) is 2.29. The number of furan rings is 1. The molecule has 0 saturated heterocycles. The first kappa shape index (κ1) is 11.2. The Labute approximate surface area is 115 Å². The predicted octanol–water partition coefficient (Wildman–Crippen LogP) is 3.81. The zero-order chi connectivity index (χ0) is 12.7. The molecule has 0 aliphatic heterocycles. The van der Waals surface area contributed by atoms with Crippen LogP contribution in [0.25, 0.3) is 21.7 Å². The molecule has 2 heterocycles. The number of nitrogens with zero attached hydrogens (tertiary/aromatic N) is 1. The summed E-state index contributed by atoms with van der Waals surface area (Å²) < 4.78 is 5.83. The molecule has 3 nitrogen and oxygen atoms in total. The first-order valence-electron chi connectivity index (χ1n) is 6.55. The molecule has 4 heteroatoms. The Morgan fingerprint density at radius 2 is 2.21 bits per heavy atom. The van der Waals surface area contributed by atoms with Gasteiger partial charge in [0.2, 0.25) is 0 Å². The molecule has 0 spiro atoms. The van der Waals surface area contributed by atoms with E-state index in [1.54, 1.807) is 11.3 Å². The number of fused-ring (bicyclic) bond motifs is 1. The highest BCUT2D eigenvalue weighted by Crippen LogP contribution is 2.31. The summed E-state index contributed by atoms with van der Waals surface area (Å²) in [6.07, 6.45) is 4.58. The first-order chi connectivity index (χ1) is 9.38. The van der Waals surface area contributed by atoms with Crippen molar-refractivity contribution in [3.8, 4) is 10.8 Å². The average molecular weight is 270 g/mol. The van der Waals surface area contributed by atoms with Crippen molar-refractivity contribution in [3.05, 3.63) is 41.4 Å². The molecule has 0 bridgehead atoms. The molecular formula is C15H14N2OS. The molecule has 19 heavy (non-hydrogen) atoms. The van der Waals surface area contributed by atoms with Crippen LogP contribution < -0.4 is 5.32 Å². The maximum Gasteiger partial charge on any atom is 0.164 e. The summed E-state index contributed by atoms with van der Waals surface area (Å²) in [5.74, 6) is 0.865. The number of aromatic nitrogens is 1. The van der Waals surface area contributed by atoms with Crippen LogP contribution in [0.2, 0.25) is 0 Å². The van der Waals surface area contributed by atoms with Crippen LogP contribution in [0.1, 0.15) is 17.7 Å². The van der Waals surface area contributed by atoms with Gasteiger partial charge in [0, 0.05) is 29.0 Å². The average Bonchev–Trinajstić information content (AvgIpc) is 2.99. The fourth-order valence-corrected chi connectivity index (χ4v) is 2.94. The molecule has 96 valence electrons. The number of rotatable bonds is 4. The molecule has 1 saturated carbocycles. The summed E-state index contributed by atoms with van der Waals surface area (Å²) >= 11 is 1.70. The maximum atomic E-state index is 5.83. The minimum absolute atomic E-state index is 0.733. The molecule has 2 aromatic heterocycles. The Morgan fingerprint density at radius 1 is 1.32 bits per heavy atom. The zero-order valence-corrected chi connectivity index (χ0v) is 11.2. The Morgan fingerprint density at radius 3 is 3.05 bits per heavy atom. The van der Waals surface area contributed by atoms with Crippen molar-refractivity contribution >= 4 is 22.3 Å². The fraction of sp³-hybridized carbons (Fsp3) is 0.267. The molecule has 1 N–H and O–H groups in total. The van der Waals surface area contributed by atoms with Crippen LogP contribution in [0.5, 0.6) is 0 Å². The summed E-state index contributed by atoms with van der Waals surface area (Å²) in [5.41, 5.74) is 0.922. The molecule has 3 aromatic rings. The topological polar surface area (TPSA) is 38.1 Å². The quantitative estimate of drug-likeness (QED) is 0.783. The summed E-state index contributed by atoms with van der Waals surface area (Å²) in [7, 11) is 0. The van der Waals surface area contributed by atoms with Gasteiger partial charge in [0.25, 0.3) is 0 Å². The molecule has 0 amide bonds. The van der Waals surface area contributed by atoms with Gasteiger partial charge in [-0.05, 0) is 25.0 Å². The van der Waals surface area contributed by atoms with Crippen LogP contribution >= 0.6 is 11.3 Å².